The standard InChI is InChI=1S/C14H9N3O/c15-11-6-5-8-3-1-2-4-9(8)12(11)10-7-16-14-17-13(10)18-14/h1-7H,15H2. The van der Waals surface area contributed by atoms with E-state index in [0.717, 1.165) is 21.9 Å². The fourth-order valence-corrected chi connectivity index (χ4v) is 2.29. The Kier molecular flexibility index (Phi) is 1.67. The number of benzene rings is 2. The van der Waals surface area contributed by atoms with E-state index in [-0.39, 0.29) is 0 Å². The van der Waals surface area contributed by atoms with Crippen LogP contribution in [-0.2, 0) is 0 Å². The number of nitrogens with zero attached hydrogens (tertiary/aromatic N) is 2. The lowest BCUT2D eigenvalue weighted by Crippen LogP contribution is -2.07. The Morgan fingerprint density at radius 3 is 2.67 bits per heavy atom. The van der Waals surface area contributed by atoms with Crippen LogP contribution in [0, 0.1) is 0 Å². The van der Waals surface area contributed by atoms with E-state index in [1.807, 2.05) is 30.3 Å². The van der Waals surface area contributed by atoms with E-state index in [4.69, 9.17) is 10.5 Å². The summed E-state index contributed by atoms with van der Waals surface area (Å²) in [6, 6.07) is 12.4. The lowest BCUT2D eigenvalue weighted by atomic mass is 9.98. The molecule has 0 amide bonds. The summed E-state index contributed by atoms with van der Waals surface area (Å²) in [5, 5.41) is 2.22. The summed E-state index contributed by atoms with van der Waals surface area (Å²) in [7, 11) is 0. The smallest absolute Gasteiger partial charge is 0.326 e. The van der Waals surface area contributed by atoms with Crippen molar-refractivity contribution in [1.29, 1.82) is 0 Å². The first-order valence-corrected chi connectivity index (χ1v) is 5.65. The molecule has 0 saturated heterocycles. The van der Waals surface area contributed by atoms with Gasteiger partial charge >= 0.3 is 6.01 Å². The lowest BCUT2D eigenvalue weighted by Gasteiger charge is -2.18. The molecule has 0 radical (unpaired) electrons. The van der Waals surface area contributed by atoms with E-state index >= 15 is 0 Å². The van der Waals surface area contributed by atoms with Crippen LogP contribution >= 0.6 is 0 Å². The molecule has 2 aromatic carbocycles. The molecule has 2 aliphatic rings. The van der Waals surface area contributed by atoms with Crippen molar-refractivity contribution in [3.63, 3.8) is 0 Å². The number of fused-ring (bicyclic) bond motifs is 3. The van der Waals surface area contributed by atoms with Crippen LogP contribution in [0.2, 0.25) is 0 Å². The second-order valence-corrected chi connectivity index (χ2v) is 4.22. The van der Waals surface area contributed by atoms with Crippen molar-refractivity contribution in [2.45, 2.75) is 0 Å². The van der Waals surface area contributed by atoms with Gasteiger partial charge in [-0.05, 0) is 16.8 Å². The maximum Gasteiger partial charge on any atom is 0.326 e. The highest BCUT2D eigenvalue weighted by atomic mass is 16.5. The Morgan fingerprint density at radius 2 is 1.89 bits per heavy atom. The predicted molar refractivity (Wildman–Crippen MR) is 69.5 cm³/mol. The van der Waals surface area contributed by atoms with Crippen LogP contribution in [0.4, 0.5) is 5.69 Å². The van der Waals surface area contributed by atoms with Crippen LogP contribution in [0.15, 0.2) is 42.6 Å². The average Bonchev–Trinajstić information content (AvgIpc) is 2.37. The van der Waals surface area contributed by atoms with Crippen molar-refractivity contribution in [2.75, 3.05) is 5.73 Å². The maximum atomic E-state index is 6.10. The normalized spacial score (nSPS) is 12.0. The molecule has 3 heterocycles. The molecule has 1 aromatic heterocycles. The Labute approximate surface area is 103 Å². The molecule has 0 aliphatic carbocycles. The van der Waals surface area contributed by atoms with Gasteiger partial charge in [0.2, 0.25) is 5.88 Å². The molecule has 0 saturated carbocycles. The molecule has 2 bridgehead atoms. The SMILES string of the molecule is Nc1ccc2ccccc2c1-c1cnc2nc1O2. The van der Waals surface area contributed by atoms with Gasteiger partial charge in [-0.2, -0.15) is 4.98 Å². The Hall–Kier alpha value is -2.62. The number of hydrogen-bond donors (Lipinski definition) is 1. The van der Waals surface area contributed by atoms with Gasteiger partial charge in [-0.3, -0.25) is 0 Å². The summed E-state index contributed by atoms with van der Waals surface area (Å²) in [5.41, 5.74) is 8.59. The fourth-order valence-electron chi connectivity index (χ4n) is 2.29. The Balaban J connectivity index is 2.11. The molecule has 4 heteroatoms. The highest BCUT2D eigenvalue weighted by Crippen LogP contribution is 2.42. The zero-order chi connectivity index (χ0) is 12.1. The van der Waals surface area contributed by atoms with E-state index in [1.165, 1.54) is 0 Å². The zero-order valence-corrected chi connectivity index (χ0v) is 9.42. The summed E-state index contributed by atoms with van der Waals surface area (Å²) in [6.45, 7) is 0. The second-order valence-electron chi connectivity index (χ2n) is 4.22. The molecule has 0 unspecified atom stereocenters. The van der Waals surface area contributed by atoms with Gasteiger partial charge < -0.3 is 10.5 Å². The number of anilines is 1. The summed E-state index contributed by atoms with van der Waals surface area (Å²) >= 11 is 0. The van der Waals surface area contributed by atoms with Gasteiger partial charge in [0.25, 0.3) is 0 Å². The molecular formula is C14H9N3O. The summed E-state index contributed by atoms with van der Waals surface area (Å²) in [6.07, 6.45) is 1.76. The van der Waals surface area contributed by atoms with Crippen LogP contribution in [0.3, 0.4) is 0 Å². The van der Waals surface area contributed by atoms with E-state index in [9.17, 15) is 0 Å². The number of nitrogens with two attached hydrogens (primary N) is 1. The summed E-state index contributed by atoms with van der Waals surface area (Å²) in [4.78, 5) is 8.24. The molecule has 18 heavy (non-hydrogen) atoms. The van der Waals surface area contributed by atoms with Crippen molar-refractivity contribution in [3.05, 3.63) is 42.6 Å². The number of ether oxygens (including phenoxy) is 1. The third-order valence-electron chi connectivity index (χ3n) is 3.15. The van der Waals surface area contributed by atoms with Crippen LogP contribution in [0.5, 0.6) is 11.9 Å². The Morgan fingerprint density at radius 1 is 1.06 bits per heavy atom. The van der Waals surface area contributed by atoms with Crippen molar-refractivity contribution < 1.29 is 4.74 Å². The molecule has 0 spiro atoms. The number of rotatable bonds is 1. The largest absolute Gasteiger partial charge is 0.404 e. The van der Waals surface area contributed by atoms with E-state index < -0.39 is 0 Å². The molecule has 86 valence electrons. The molecule has 2 N–H and O–H groups in total. The third-order valence-corrected chi connectivity index (χ3v) is 3.15. The molecule has 3 aromatic rings. The first kappa shape index (κ1) is 9.41. The highest BCUT2D eigenvalue weighted by molar-refractivity contribution is 6.03. The maximum absolute atomic E-state index is 6.10. The van der Waals surface area contributed by atoms with Crippen LogP contribution in [-0.4, -0.2) is 9.97 Å². The summed E-state index contributed by atoms with van der Waals surface area (Å²) in [5.74, 6) is 0.600. The average molecular weight is 235 g/mol. The first-order valence-electron chi connectivity index (χ1n) is 5.65. The van der Waals surface area contributed by atoms with Crippen molar-refractivity contribution in [2.24, 2.45) is 0 Å². The molecule has 5 rings (SSSR count). The first-order chi connectivity index (χ1) is 8.83. The minimum Gasteiger partial charge on any atom is -0.404 e. The van der Waals surface area contributed by atoms with Crippen molar-refractivity contribution >= 4 is 16.5 Å². The minimum atomic E-state index is 0.424. The highest BCUT2D eigenvalue weighted by Gasteiger charge is 2.23. The van der Waals surface area contributed by atoms with Gasteiger partial charge in [0.15, 0.2) is 0 Å². The van der Waals surface area contributed by atoms with Gasteiger partial charge in [-0.25, -0.2) is 4.98 Å². The van der Waals surface area contributed by atoms with Gasteiger partial charge in [-0.15, -0.1) is 0 Å². The quantitative estimate of drug-likeness (QED) is 0.515. The zero-order valence-electron chi connectivity index (χ0n) is 9.42. The predicted octanol–water partition coefficient (Wildman–Crippen LogP) is 2.98. The van der Waals surface area contributed by atoms with Gasteiger partial charge in [0.05, 0.1) is 5.56 Å². The van der Waals surface area contributed by atoms with E-state index in [0.29, 0.717) is 17.6 Å². The molecule has 4 nitrogen and oxygen atoms in total. The van der Waals surface area contributed by atoms with Gasteiger partial charge in [-0.1, -0.05) is 30.3 Å². The Bertz CT molecular complexity index is 779. The number of nitrogen functional groups attached to an aromatic ring is 1. The van der Waals surface area contributed by atoms with E-state index in [2.05, 4.69) is 16.0 Å². The van der Waals surface area contributed by atoms with Crippen molar-refractivity contribution in [1.82, 2.24) is 9.97 Å². The van der Waals surface area contributed by atoms with E-state index in [1.54, 1.807) is 6.20 Å². The molecular weight excluding hydrogens is 226 g/mol. The van der Waals surface area contributed by atoms with Crippen LogP contribution in [0.1, 0.15) is 0 Å². The fraction of sp³-hybridized carbons (Fsp3) is 0. The monoisotopic (exact) mass is 235 g/mol. The number of hydrogen-bond acceptors (Lipinski definition) is 4. The van der Waals surface area contributed by atoms with Crippen LogP contribution < -0.4 is 10.5 Å². The second kappa shape index (κ2) is 3.20. The topological polar surface area (TPSA) is 61.0 Å². The summed E-state index contributed by atoms with van der Waals surface area (Å²) < 4.78 is 5.32. The molecule has 2 aliphatic heterocycles. The molecule has 0 atom stereocenters. The molecule has 0 fully saturated rings. The minimum absolute atomic E-state index is 0.424. The lowest BCUT2D eigenvalue weighted by molar-refractivity contribution is 0.357. The third kappa shape index (κ3) is 1.14. The van der Waals surface area contributed by atoms with Crippen molar-refractivity contribution in [3.8, 4) is 23.0 Å². The van der Waals surface area contributed by atoms with Crippen LogP contribution in [0.25, 0.3) is 21.9 Å². The van der Waals surface area contributed by atoms with Gasteiger partial charge in [0.1, 0.15) is 0 Å². The van der Waals surface area contributed by atoms with Gasteiger partial charge in [0, 0.05) is 17.4 Å². The number of aromatic nitrogens is 2.